The largest absolute Gasteiger partial charge is 0.492 e. The van der Waals surface area contributed by atoms with Gasteiger partial charge in [0.25, 0.3) is 0 Å². The molecule has 0 unspecified atom stereocenters. The van der Waals surface area contributed by atoms with Crippen molar-refractivity contribution < 1.29 is 18.9 Å². The van der Waals surface area contributed by atoms with Crippen molar-refractivity contribution in [3.8, 4) is 71.4 Å². The molecule has 4 nitrogen and oxygen atoms in total. The van der Waals surface area contributed by atoms with Crippen LogP contribution >= 0.6 is 0 Å². The Balaban J connectivity index is 1.44. The predicted molar refractivity (Wildman–Crippen MR) is 389 cm³/mol. The first-order valence-corrected chi connectivity index (χ1v) is 36.7. The van der Waals surface area contributed by atoms with Gasteiger partial charge in [0.05, 0.1) is 37.6 Å². The van der Waals surface area contributed by atoms with Crippen LogP contribution in [0.1, 0.15) is 318 Å². The SMILES string of the molecule is C#Cc1cccc(C#Cc2cc3c4cc(C#Cc5cccc(C#C)c5)c(OCCCCCCCCCCCC)cc4c4cc(OCCCCCCCCCCCC)c(OCCCCCCCCCCCC)cc4c3cc2OCCCCCCCCCCCC)c1. The van der Waals surface area contributed by atoms with E-state index in [0.29, 0.717) is 26.4 Å². The molecular weight excluding hydrogens is 1100 g/mol. The predicted octanol–water partition coefficient (Wildman–Crippen LogP) is 25.1. The summed E-state index contributed by atoms with van der Waals surface area (Å²) in [6, 6.07) is 29.4. The molecule has 0 heterocycles. The highest BCUT2D eigenvalue weighted by Crippen LogP contribution is 2.45. The lowest BCUT2D eigenvalue weighted by molar-refractivity contribution is 0.259. The maximum absolute atomic E-state index is 6.94. The molecule has 0 amide bonds. The minimum Gasteiger partial charge on any atom is -0.492 e. The van der Waals surface area contributed by atoms with Crippen LogP contribution in [-0.2, 0) is 0 Å². The van der Waals surface area contributed by atoms with Gasteiger partial charge < -0.3 is 18.9 Å². The second kappa shape index (κ2) is 45.7. The molecule has 6 aromatic carbocycles. The molecule has 0 aromatic heterocycles. The fourth-order valence-electron chi connectivity index (χ4n) is 12.5. The van der Waals surface area contributed by atoms with Crippen LogP contribution < -0.4 is 18.9 Å². The van der Waals surface area contributed by atoms with E-state index >= 15 is 0 Å². The molecule has 0 aliphatic rings. The number of ether oxygens (including phenoxy) is 4. The highest BCUT2D eigenvalue weighted by atomic mass is 16.5. The van der Waals surface area contributed by atoms with Gasteiger partial charge in [0, 0.05) is 22.3 Å². The molecule has 6 aromatic rings. The van der Waals surface area contributed by atoms with Crippen LogP contribution in [-0.4, -0.2) is 26.4 Å². The number of unbranched alkanes of at least 4 members (excludes halogenated alkanes) is 36. The van der Waals surface area contributed by atoms with E-state index in [1.165, 1.54) is 205 Å². The summed E-state index contributed by atoms with van der Waals surface area (Å²) in [7, 11) is 0. The topological polar surface area (TPSA) is 36.9 Å². The summed E-state index contributed by atoms with van der Waals surface area (Å²) in [4.78, 5) is 0. The lowest BCUT2D eigenvalue weighted by Crippen LogP contribution is -2.04. The number of rotatable bonds is 48. The molecule has 0 aliphatic heterocycles. The summed E-state index contributed by atoms with van der Waals surface area (Å²) in [6.45, 7) is 11.7. The number of terminal acetylenes is 2. The number of fused-ring (bicyclic) bond motifs is 6. The molecule has 0 saturated carbocycles. The maximum atomic E-state index is 6.94. The Morgan fingerprint density at radius 1 is 0.244 bits per heavy atom. The van der Waals surface area contributed by atoms with Gasteiger partial charge in [-0.25, -0.2) is 0 Å². The van der Waals surface area contributed by atoms with Crippen LogP contribution in [0.15, 0.2) is 84.9 Å². The van der Waals surface area contributed by atoms with E-state index in [2.05, 4.69) is 99.6 Å². The van der Waals surface area contributed by atoms with Crippen molar-refractivity contribution in [3.05, 3.63) is 118 Å². The zero-order valence-corrected chi connectivity index (χ0v) is 57.0. The monoisotopic (exact) mass is 1210 g/mol. The molecule has 0 spiro atoms. The Hall–Kier alpha value is -6.46. The van der Waals surface area contributed by atoms with Crippen molar-refractivity contribution in [3.63, 3.8) is 0 Å². The minimum absolute atomic E-state index is 0.610. The van der Waals surface area contributed by atoms with E-state index in [9.17, 15) is 0 Å². The maximum Gasteiger partial charge on any atom is 0.161 e. The van der Waals surface area contributed by atoms with Crippen molar-refractivity contribution in [2.75, 3.05) is 26.4 Å². The zero-order valence-electron chi connectivity index (χ0n) is 57.0. The van der Waals surface area contributed by atoms with Gasteiger partial charge in [0.15, 0.2) is 11.5 Å². The fourth-order valence-corrected chi connectivity index (χ4v) is 12.5. The molecule has 0 N–H and O–H groups in total. The summed E-state index contributed by atoms with van der Waals surface area (Å²) in [6.07, 6.45) is 62.5. The number of benzene rings is 6. The van der Waals surface area contributed by atoms with E-state index < -0.39 is 0 Å². The van der Waals surface area contributed by atoms with E-state index in [-0.39, 0.29) is 0 Å². The first-order valence-electron chi connectivity index (χ1n) is 36.7. The number of hydrogen-bond acceptors (Lipinski definition) is 4. The van der Waals surface area contributed by atoms with Gasteiger partial charge in [0.2, 0.25) is 0 Å². The Kier molecular flexibility index (Phi) is 36.9. The van der Waals surface area contributed by atoms with Gasteiger partial charge in [-0.1, -0.05) is 306 Å². The van der Waals surface area contributed by atoms with Crippen molar-refractivity contribution >= 4 is 32.3 Å². The fraction of sp³-hybridized carbons (Fsp3) is 0.558. The summed E-state index contributed by atoms with van der Waals surface area (Å²) >= 11 is 0. The highest BCUT2D eigenvalue weighted by molar-refractivity contribution is 6.26. The van der Waals surface area contributed by atoms with Gasteiger partial charge in [0.1, 0.15) is 11.5 Å². The molecule has 0 atom stereocenters. The Morgan fingerprint density at radius 2 is 0.467 bits per heavy atom. The van der Waals surface area contributed by atoms with Crippen LogP contribution in [0.25, 0.3) is 32.3 Å². The Labute approximate surface area is 548 Å². The average Bonchev–Trinajstić information content (AvgIpc) is 0.737. The minimum atomic E-state index is 0.610. The molecule has 0 bridgehead atoms. The van der Waals surface area contributed by atoms with Crippen LogP contribution in [0, 0.1) is 48.4 Å². The molecule has 90 heavy (non-hydrogen) atoms. The van der Waals surface area contributed by atoms with Crippen LogP contribution in [0.5, 0.6) is 23.0 Å². The molecule has 0 radical (unpaired) electrons. The van der Waals surface area contributed by atoms with Gasteiger partial charge >= 0.3 is 0 Å². The second-order valence-electron chi connectivity index (χ2n) is 25.7. The Bertz CT molecular complexity index is 2980. The van der Waals surface area contributed by atoms with Gasteiger partial charge in [-0.2, -0.15) is 0 Å². The quantitative estimate of drug-likeness (QED) is 0.0217. The molecule has 4 heteroatoms. The summed E-state index contributed by atoms with van der Waals surface area (Å²) in [5.41, 5.74) is 4.99. The summed E-state index contributed by atoms with van der Waals surface area (Å²) < 4.78 is 27.8. The zero-order chi connectivity index (χ0) is 63.3. The third kappa shape index (κ3) is 27.2. The number of hydrogen-bond donors (Lipinski definition) is 0. The second-order valence-corrected chi connectivity index (χ2v) is 25.7. The molecular formula is C86H116O4. The lowest BCUT2D eigenvalue weighted by Gasteiger charge is -2.19. The third-order valence-corrected chi connectivity index (χ3v) is 18.0. The van der Waals surface area contributed by atoms with Crippen molar-refractivity contribution in [1.29, 1.82) is 0 Å². The van der Waals surface area contributed by atoms with Crippen molar-refractivity contribution in [2.45, 2.75) is 285 Å². The molecule has 0 fully saturated rings. The normalized spacial score (nSPS) is 11.1. The first kappa shape index (κ1) is 72.6. The van der Waals surface area contributed by atoms with Crippen LogP contribution in [0.2, 0.25) is 0 Å². The highest BCUT2D eigenvalue weighted by Gasteiger charge is 2.20. The first-order chi connectivity index (χ1) is 44.5. The molecule has 0 aliphatic carbocycles. The average molecular weight is 1210 g/mol. The van der Waals surface area contributed by atoms with Crippen molar-refractivity contribution in [2.24, 2.45) is 0 Å². The van der Waals surface area contributed by atoms with Crippen molar-refractivity contribution in [1.82, 2.24) is 0 Å². The van der Waals surface area contributed by atoms with Crippen LogP contribution in [0.4, 0.5) is 0 Å². The van der Waals surface area contributed by atoms with E-state index in [0.717, 1.165) is 140 Å². The van der Waals surface area contributed by atoms with Gasteiger partial charge in [-0.3, -0.25) is 0 Å². The van der Waals surface area contributed by atoms with Crippen LogP contribution in [0.3, 0.4) is 0 Å². The third-order valence-electron chi connectivity index (χ3n) is 18.0. The van der Waals surface area contributed by atoms with E-state index in [4.69, 9.17) is 31.8 Å². The van der Waals surface area contributed by atoms with Gasteiger partial charge in [-0.05, 0) is 131 Å². The molecule has 484 valence electrons. The smallest absolute Gasteiger partial charge is 0.161 e. The standard InChI is InChI=1S/C86H116O4/c1-7-13-17-21-25-29-33-37-41-45-59-87-83-67-79-77(65-75(83)57-55-73-53-49-51-71(11-5)63-73)78-66-76(58-56-74-54-50-52-72(12-6)64-74)84(88-60-46-42-38-34-30-26-22-18-14-8-2)68-80(78)82-70-86(90-62-48-44-40-36-32-28-24-20-16-10-4)85(69-81(79)82)89-61-47-43-39-35-31-27-23-19-15-9-3/h5-6,49-54,63-70H,7-10,13-48,59-62H2,1-4H3. The molecule has 6 rings (SSSR count). The van der Waals surface area contributed by atoms with Gasteiger partial charge in [-0.15, -0.1) is 12.8 Å². The lowest BCUT2D eigenvalue weighted by atomic mass is 9.91. The van der Waals surface area contributed by atoms with E-state index in [1.807, 2.05) is 48.5 Å². The van der Waals surface area contributed by atoms with E-state index in [1.54, 1.807) is 0 Å². The summed E-state index contributed by atoms with van der Waals surface area (Å²) in [5.74, 6) is 22.9. The Morgan fingerprint density at radius 3 is 0.733 bits per heavy atom. The molecule has 0 saturated heterocycles. The summed E-state index contributed by atoms with van der Waals surface area (Å²) in [5, 5.41) is 6.42.